The Morgan fingerprint density at radius 3 is 2.94 bits per heavy atom. The normalized spacial score (nSPS) is 9.33. The molecule has 93 valence electrons. The van der Waals surface area contributed by atoms with Gasteiger partial charge in [0.1, 0.15) is 12.0 Å². The zero-order valence-electron chi connectivity index (χ0n) is 9.31. The Morgan fingerprint density at radius 1 is 1.56 bits per heavy atom. The van der Waals surface area contributed by atoms with E-state index < -0.39 is 4.92 Å². The number of carbonyl (C=O) groups is 1. The van der Waals surface area contributed by atoms with Gasteiger partial charge in [0.05, 0.1) is 4.92 Å². The van der Waals surface area contributed by atoms with Crippen LogP contribution in [0.25, 0.3) is 10.4 Å². The highest BCUT2D eigenvalue weighted by Crippen LogP contribution is 2.29. The van der Waals surface area contributed by atoms with Gasteiger partial charge in [-0.3, -0.25) is 10.1 Å². The molecule has 18 heavy (non-hydrogen) atoms. The third-order valence-corrected chi connectivity index (χ3v) is 2.04. The number of nitrogens with zero attached hydrogens (tertiary/aromatic N) is 4. The van der Waals surface area contributed by atoms with Crippen molar-refractivity contribution in [3.8, 4) is 0 Å². The summed E-state index contributed by atoms with van der Waals surface area (Å²) in [6.45, 7) is 0.334. The lowest BCUT2D eigenvalue weighted by molar-refractivity contribution is -0.383. The quantitative estimate of drug-likeness (QED) is 0.151. The minimum Gasteiger partial charge on any atom is -0.379 e. The molecule has 0 spiro atoms. The second kappa shape index (κ2) is 6.87. The second-order valence-corrected chi connectivity index (χ2v) is 3.22. The number of hydrogen-bond donors (Lipinski definition) is 1. The van der Waals surface area contributed by atoms with E-state index in [9.17, 15) is 14.9 Å². The van der Waals surface area contributed by atoms with Crippen LogP contribution in [0.5, 0.6) is 0 Å². The Hall–Kier alpha value is -2.60. The highest BCUT2D eigenvalue weighted by Gasteiger charge is 2.13. The van der Waals surface area contributed by atoms with Gasteiger partial charge in [0.25, 0.3) is 5.69 Å². The second-order valence-electron chi connectivity index (χ2n) is 3.22. The summed E-state index contributed by atoms with van der Waals surface area (Å²) in [4.78, 5) is 22.9. The molecule has 0 bridgehead atoms. The van der Waals surface area contributed by atoms with Gasteiger partial charge in [-0.15, -0.1) is 0 Å². The molecule has 0 aliphatic carbocycles. The van der Waals surface area contributed by atoms with E-state index in [0.717, 1.165) is 6.29 Å². The lowest BCUT2D eigenvalue weighted by Gasteiger charge is -2.06. The fraction of sp³-hybridized carbons (Fsp3) is 0.200. The van der Waals surface area contributed by atoms with Crippen molar-refractivity contribution >= 4 is 23.3 Å². The van der Waals surface area contributed by atoms with Crippen molar-refractivity contribution in [2.75, 3.05) is 11.9 Å². The zero-order chi connectivity index (χ0) is 13.4. The number of carbonyl (C=O) groups excluding carboxylic acids is 1. The minimum atomic E-state index is -0.571. The van der Waals surface area contributed by atoms with Crippen molar-refractivity contribution in [1.82, 2.24) is 0 Å². The number of nitrogens with one attached hydrogen (secondary N) is 1. The van der Waals surface area contributed by atoms with Crippen LogP contribution in [0, 0.1) is 16.5 Å². The topological polar surface area (TPSA) is 121 Å². The van der Waals surface area contributed by atoms with Crippen molar-refractivity contribution in [2.24, 2.45) is 5.11 Å². The minimum absolute atomic E-state index is 0.173. The number of nitro benzene ring substituents is 1. The van der Waals surface area contributed by atoms with Gasteiger partial charge in [0, 0.05) is 29.6 Å². The van der Waals surface area contributed by atoms with Crippen LogP contribution in [0.3, 0.4) is 0 Å². The van der Waals surface area contributed by atoms with Crippen LogP contribution in [0.1, 0.15) is 6.42 Å². The molecule has 0 unspecified atom stereocenters. The maximum Gasteiger partial charge on any atom is 0.292 e. The van der Waals surface area contributed by atoms with Gasteiger partial charge in [-0.2, -0.15) is 0 Å². The third kappa shape index (κ3) is 3.76. The molecule has 0 aliphatic heterocycles. The first-order valence-corrected chi connectivity index (χ1v) is 5.01. The molecule has 0 fully saturated rings. The predicted octanol–water partition coefficient (Wildman–Crippen LogP) is 2.74. The molecule has 0 heterocycles. The van der Waals surface area contributed by atoms with Gasteiger partial charge in [0.2, 0.25) is 0 Å². The van der Waals surface area contributed by atoms with E-state index in [4.69, 9.17) is 5.53 Å². The van der Waals surface area contributed by atoms with Gasteiger partial charge < -0.3 is 10.1 Å². The van der Waals surface area contributed by atoms with E-state index in [1.165, 1.54) is 18.2 Å². The van der Waals surface area contributed by atoms with Crippen molar-refractivity contribution in [3.63, 3.8) is 0 Å². The summed E-state index contributed by atoms with van der Waals surface area (Å²) in [5, 5.41) is 16.9. The van der Waals surface area contributed by atoms with E-state index >= 15 is 0 Å². The molecule has 8 heteroatoms. The first-order valence-electron chi connectivity index (χ1n) is 5.01. The molecule has 0 amide bonds. The summed E-state index contributed by atoms with van der Waals surface area (Å²) >= 11 is 0. The van der Waals surface area contributed by atoms with Crippen LogP contribution in [0.15, 0.2) is 23.3 Å². The Balaban J connectivity index is 2.86. The lowest BCUT2D eigenvalue weighted by atomic mass is 10.2. The maximum atomic E-state index is 10.8. The van der Waals surface area contributed by atoms with E-state index in [1.54, 1.807) is 6.42 Å². The van der Waals surface area contributed by atoms with E-state index in [-0.39, 0.29) is 17.8 Å². The first-order chi connectivity index (χ1) is 8.69. The molecule has 0 atom stereocenters. The van der Waals surface area contributed by atoms with Crippen molar-refractivity contribution in [1.29, 1.82) is 0 Å². The summed E-state index contributed by atoms with van der Waals surface area (Å²) in [5.74, 6) is 0. The summed E-state index contributed by atoms with van der Waals surface area (Å²) < 4.78 is 0. The lowest BCUT2D eigenvalue weighted by Crippen LogP contribution is -2.04. The molecule has 0 aliphatic rings. The number of azide groups is 1. The molecule has 1 aromatic rings. The Labute approximate surface area is 102 Å². The highest BCUT2D eigenvalue weighted by molar-refractivity contribution is 5.66. The zero-order valence-corrected chi connectivity index (χ0v) is 9.31. The molecule has 0 aromatic heterocycles. The van der Waals surface area contributed by atoms with Gasteiger partial charge in [-0.05, 0) is 18.0 Å². The molecule has 1 radical (unpaired) electrons. The summed E-state index contributed by atoms with van der Waals surface area (Å²) in [5.41, 5.74) is 8.55. The van der Waals surface area contributed by atoms with Gasteiger partial charge >= 0.3 is 0 Å². The van der Waals surface area contributed by atoms with Gasteiger partial charge in [0.15, 0.2) is 0 Å². The first kappa shape index (κ1) is 13.5. The predicted molar refractivity (Wildman–Crippen MR) is 65.4 cm³/mol. The summed E-state index contributed by atoms with van der Waals surface area (Å²) in [7, 11) is 0. The molecule has 0 saturated carbocycles. The number of rotatable bonds is 7. The average Bonchev–Trinajstić information content (AvgIpc) is 2.36. The number of aldehydes is 1. The van der Waals surface area contributed by atoms with Crippen LogP contribution in [-0.2, 0) is 4.79 Å². The van der Waals surface area contributed by atoms with Gasteiger partial charge in [-0.25, -0.2) is 0 Å². The fourth-order valence-electron chi connectivity index (χ4n) is 1.27. The fourth-order valence-corrected chi connectivity index (χ4v) is 1.27. The van der Waals surface area contributed by atoms with E-state index in [2.05, 4.69) is 15.3 Å². The molecular weight excluding hydrogens is 238 g/mol. The smallest absolute Gasteiger partial charge is 0.292 e. The average molecular weight is 248 g/mol. The van der Waals surface area contributed by atoms with Crippen LogP contribution in [0.2, 0.25) is 0 Å². The Kier molecular flexibility index (Phi) is 5.14. The molecular formula is C10H10N5O3. The van der Waals surface area contributed by atoms with Crippen molar-refractivity contribution in [2.45, 2.75) is 6.42 Å². The molecule has 8 nitrogen and oxygen atoms in total. The van der Waals surface area contributed by atoms with Crippen molar-refractivity contribution in [3.05, 3.63) is 45.2 Å². The number of nitro groups is 1. The Bertz CT molecular complexity index is 496. The molecule has 1 rings (SSSR count). The third-order valence-electron chi connectivity index (χ3n) is 2.04. The van der Waals surface area contributed by atoms with E-state index in [0.29, 0.717) is 12.2 Å². The largest absolute Gasteiger partial charge is 0.379 e. The maximum absolute atomic E-state index is 10.8. The van der Waals surface area contributed by atoms with Crippen LogP contribution in [0.4, 0.5) is 17.1 Å². The number of benzene rings is 1. The molecule has 1 aromatic carbocycles. The standard InChI is InChI=1S/C10H10N5O3/c11-14-13-8-3-4-9(10(7-8)15(17)18)12-5-1-2-6-16/h1,3-4,6-7,12H,2,5H2. The molecule has 1 N–H and O–H groups in total. The summed E-state index contributed by atoms with van der Waals surface area (Å²) in [6, 6.07) is 4.10. The number of anilines is 1. The monoisotopic (exact) mass is 248 g/mol. The van der Waals surface area contributed by atoms with Crippen LogP contribution < -0.4 is 5.32 Å². The van der Waals surface area contributed by atoms with Crippen LogP contribution in [-0.4, -0.2) is 17.8 Å². The van der Waals surface area contributed by atoms with Crippen LogP contribution >= 0.6 is 0 Å². The number of hydrogen-bond acceptors (Lipinski definition) is 5. The number of unbranched alkanes of at least 4 members (excludes halogenated alkanes) is 1. The Morgan fingerprint density at radius 2 is 2.33 bits per heavy atom. The molecule has 0 saturated heterocycles. The SMILES string of the molecule is [N-]=[N+]=Nc1ccc(NC[CH]CC=O)c([N+](=O)[O-])c1. The van der Waals surface area contributed by atoms with Crippen molar-refractivity contribution < 1.29 is 9.72 Å². The van der Waals surface area contributed by atoms with Gasteiger partial charge in [-0.1, -0.05) is 11.2 Å². The van der Waals surface area contributed by atoms with E-state index in [1.807, 2.05) is 0 Å². The highest BCUT2D eigenvalue weighted by atomic mass is 16.6. The summed E-state index contributed by atoms with van der Waals surface area (Å²) in [6.07, 6.45) is 2.66.